The van der Waals surface area contributed by atoms with E-state index in [1.54, 1.807) is 6.07 Å². The van der Waals surface area contributed by atoms with Crippen LogP contribution in [-0.2, 0) is 0 Å². The van der Waals surface area contributed by atoms with E-state index in [0.29, 0.717) is 22.5 Å². The summed E-state index contributed by atoms with van der Waals surface area (Å²) in [5, 5.41) is 4.08. The molecule has 1 aliphatic carbocycles. The number of hydrogen-bond donors (Lipinski definition) is 1. The molecule has 3 aromatic rings. The average Bonchev–Trinajstić information content (AvgIpc) is 2.88. The number of carbonyl (C=O) groups is 1. The highest BCUT2D eigenvalue weighted by Crippen LogP contribution is 2.43. The first-order valence-corrected chi connectivity index (χ1v) is 8.17. The Morgan fingerprint density at radius 2 is 1.80 bits per heavy atom. The summed E-state index contributed by atoms with van der Waals surface area (Å²) in [6, 6.07) is 12.0. The largest absolute Gasteiger partial charge is 0.354 e. The topological polar surface area (TPSA) is 45.2 Å². The van der Waals surface area contributed by atoms with Crippen LogP contribution in [0.1, 0.15) is 22.8 Å². The first-order chi connectivity index (χ1) is 12.0. The SMILES string of the molecule is CC(Nc1nc2cc(F)ccc2c2c1C(=O)c1ccccc1-2)N(C)C. The summed E-state index contributed by atoms with van der Waals surface area (Å²) in [5.74, 6) is 0.109. The van der Waals surface area contributed by atoms with Gasteiger partial charge in [0.05, 0.1) is 17.2 Å². The summed E-state index contributed by atoms with van der Waals surface area (Å²) in [6.07, 6.45) is -0.0286. The summed E-state index contributed by atoms with van der Waals surface area (Å²) in [7, 11) is 3.88. The molecule has 0 spiro atoms. The van der Waals surface area contributed by atoms with Crippen molar-refractivity contribution in [3.05, 3.63) is 59.4 Å². The third-order valence-electron chi connectivity index (χ3n) is 4.74. The molecule has 0 saturated carbocycles. The molecule has 4 nitrogen and oxygen atoms in total. The predicted molar refractivity (Wildman–Crippen MR) is 97.3 cm³/mol. The lowest BCUT2D eigenvalue weighted by atomic mass is 10.0. The van der Waals surface area contributed by atoms with Gasteiger partial charge in [0.15, 0.2) is 5.78 Å². The molecule has 1 aliphatic rings. The highest BCUT2D eigenvalue weighted by Gasteiger charge is 2.32. The summed E-state index contributed by atoms with van der Waals surface area (Å²) in [4.78, 5) is 19.6. The van der Waals surface area contributed by atoms with Crippen LogP contribution in [-0.4, -0.2) is 35.9 Å². The Morgan fingerprint density at radius 1 is 1.08 bits per heavy atom. The van der Waals surface area contributed by atoms with Crippen LogP contribution in [0.15, 0.2) is 42.5 Å². The van der Waals surface area contributed by atoms with Crippen LogP contribution in [0.3, 0.4) is 0 Å². The zero-order valence-electron chi connectivity index (χ0n) is 14.3. The van der Waals surface area contributed by atoms with E-state index in [4.69, 9.17) is 0 Å². The maximum Gasteiger partial charge on any atom is 0.198 e. The van der Waals surface area contributed by atoms with Gasteiger partial charge in [-0.1, -0.05) is 24.3 Å². The second kappa shape index (κ2) is 5.63. The Kier molecular flexibility index (Phi) is 3.54. The number of nitrogens with one attached hydrogen (secondary N) is 1. The highest BCUT2D eigenvalue weighted by molar-refractivity contribution is 6.27. The zero-order chi connectivity index (χ0) is 17.7. The first kappa shape index (κ1) is 15.7. The van der Waals surface area contributed by atoms with Gasteiger partial charge in [-0.2, -0.15) is 0 Å². The van der Waals surface area contributed by atoms with E-state index in [0.717, 1.165) is 16.5 Å². The molecule has 2 aromatic carbocycles. The van der Waals surface area contributed by atoms with Gasteiger partial charge >= 0.3 is 0 Å². The second-order valence-corrected chi connectivity index (χ2v) is 6.53. The summed E-state index contributed by atoms with van der Waals surface area (Å²) in [5.41, 5.74) is 3.48. The molecule has 0 fully saturated rings. The maximum atomic E-state index is 13.7. The van der Waals surface area contributed by atoms with Crippen LogP contribution in [0.5, 0.6) is 0 Å². The maximum absolute atomic E-state index is 13.7. The molecule has 0 aliphatic heterocycles. The molecule has 126 valence electrons. The van der Waals surface area contributed by atoms with Gasteiger partial charge in [-0.05, 0) is 38.7 Å². The number of benzene rings is 2. The van der Waals surface area contributed by atoms with Gasteiger partial charge in [0, 0.05) is 22.6 Å². The van der Waals surface area contributed by atoms with Gasteiger partial charge in [-0.3, -0.25) is 9.69 Å². The Labute approximate surface area is 145 Å². The first-order valence-electron chi connectivity index (χ1n) is 8.17. The number of pyridine rings is 1. The summed E-state index contributed by atoms with van der Waals surface area (Å²) in [6.45, 7) is 1.98. The Morgan fingerprint density at radius 3 is 2.52 bits per heavy atom. The van der Waals surface area contributed by atoms with Crippen LogP contribution in [0.25, 0.3) is 22.0 Å². The van der Waals surface area contributed by atoms with Crippen LogP contribution in [0.4, 0.5) is 10.2 Å². The quantitative estimate of drug-likeness (QED) is 0.577. The lowest BCUT2D eigenvalue weighted by molar-refractivity contribution is 0.104. The molecular formula is C20H18FN3O. The minimum Gasteiger partial charge on any atom is -0.354 e. The minimum atomic E-state index is -0.343. The molecule has 1 aromatic heterocycles. The van der Waals surface area contributed by atoms with E-state index in [2.05, 4.69) is 10.3 Å². The van der Waals surface area contributed by atoms with Crippen molar-refractivity contribution in [1.82, 2.24) is 9.88 Å². The molecule has 0 saturated heterocycles. The minimum absolute atomic E-state index is 0.0286. The standard InChI is InChI=1S/C20H18FN3O/c1-11(24(2)3)22-20-18-17(13-6-4-5-7-14(13)19(18)25)15-9-8-12(21)10-16(15)23-20/h4-11H,1-3H3,(H,22,23). The van der Waals surface area contributed by atoms with E-state index in [1.165, 1.54) is 12.1 Å². The third kappa shape index (κ3) is 2.39. The van der Waals surface area contributed by atoms with Crippen molar-refractivity contribution in [2.45, 2.75) is 13.1 Å². The van der Waals surface area contributed by atoms with Crippen LogP contribution >= 0.6 is 0 Å². The molecule has 5 heteroatoms. The number of nitrogens with zero attached hydrogens (tertiary/aromatic N) is 2. The smallest absolute Gasteiger partial charge is 0.198 e. The number of fused-ring (bicyclic) bond motifs is 5. The number of rotatable bonds is 3. The molecule has 1 unspecified atom stereocenters. The highest BCUT2D eigenvalue weighted by atomic mass is 19.1. The number of hydrogen-bond acceptors (Lipinski definition) is 4. The van der Waals surface area contributed by atoms with Gasteiger partial charge in [0.1, 0.15) is 11.6 Å². The van der Waals surface area contributed by atoms with Crippen molar-refractivity contribution in [2.75, 3.05) is 19.4 Å². The lowest BCUT2D eigenvalue weighted by Gasteiger charge is -2.23. The summed E-state index contributed by atoms with van der Waals surface area (Å²) >= 11 is 0. The Bertz CT molecular complexity index is 1010. The molecular weight excluding hydrogens is 317 g/mol. The van der Waals surface area contributed by atoms with Gasteiger partial charge in [-0.15, -0.1) is 0 Å². The molecule has 1 atom stereocenters. The lowest BCUT2D eigenvalue weighted by Crippen LogP contribution is -2.33. The molecule has 0 amide bonds. The molecule has 4 rings (SSSR count). The van der Waals surface area contributed by atoms with Crippen molar-refractivity contribution in [3.8, 4) is 11.1 Å². The Hall–Kier alpha value is -2.79. The van der Waals surface area contributed by atoms with Crippen LogP contribution in [0.2, 0.25) is 0 Å². The van der Waals surface area contributed by atoms with Crippen molar-refractivity contribution < 1.29 is 9.18 Å². The molecule has 25 heavy (non-hydrogen) atoms. The van der Waals surface area contributed by atoms with E-state index in [1.807, 2.05) is 50.2 Å². The molecule has 0 radical (unpaired) electrons. The predicted octanol–water partition coefficient (Wildman–Crippen LogP) is 3.90. The van der Waals surface area contributed by atoms with Gasteiger partial charge in [0.2, 0.25) is 0 Å². The van der Waals surface area contributed by atoms with E-state index < -0.39 is 0 Å². The second-order valence-electron chi connectivity index (χ2n) is 6.53. The van der Waals surface area contributed by atoms with Crippen molar-refractivity contribution in [2.24, 2.45) is 0 Å². The monoisotopic (exact) mass is 335 g/mol. The van der Waals surface area contributed by atoms with E-state index in [9.17, 15) is 9.18 Å². The number of carbonyl (C=O) groups excluding carboxylic acids is 1. The van der Waals surface area contributed by atoms with E-state index >= 15 is 0 Å². The third-order valence-corrected chi connectivity index (χ3v) is 4.74. The number of aromatic nitrogens is 1. The molecule has 1 N–H and O–H groups in total. The average molecular weight is 335 g/mol. The van der Waals surface area contributed by atoms with Gasteiger partial charge < -0.3 is 5.32 Å². The van der Waals surface area contributed by atoms with Crippen LogP contribution in [0, 0.1) is 5.82 Å². The number of halogens is 1. The summed E-state index contributed by atoms with van der Waals surface area (Å²) < 4.78 is 13.7. The number of anilines is 1. The fourth-order valence-corrected chi connectivity index (χ4v) is 3.20. The number of ketones is 1. The van der Waals surface area contributed by atoms with Crippen molar-refractivity contribution in [3.63, 3.8) is 0 Å². The van der Waals surface area contributed by atoms with E-state index in [-0.39, 0.29) is 17.8 Å². The Balaban J connectivity index is 2.04. The normalized spacial score (nSPS) is 13.9. The molecule has 0 bridgehead atoms. The van der Waals surface area contributed by atoms with Crippen LogP contribution < -0.4 is 5.32 Å². The van der Waals surface area contributed by atoms with Gasteiger partial charge in [0.25, 0.3) is 0 Å². The van der Waals surface area contributed by atoms with Gasteiger partial charge in [-0.25, -0.2) is 9.37 Å². The fourth-order valence-electron chi connectivity index (χ4n) is 3.20. The zero-order valence-corrected chi connectivity index (χ0v) is 14.3. The molecule has 1 heterocycles. The van der Waals surface area contributed by atoms with Crippen molar-refractivity contribution >= 4 is 22.5 Å². The van der Waals surface area contributed by atoms with Crippen molar-refractivity contribution in [1.29, 1.82) is 0 Å². The fraction of sp³-hybridized carbons (Fsp3) is 0.200.